The summed E-state index contributed by atoms with van der Waals surface area (Å²) in [5.41, 5.74) is 4.22. The van der Waals surface area contributed by atoms with Gasteiger partial charge >= 0.3 is 0 Å². The number of carbonyl (C=O) groups is 1. The SMILES string of the molecule is Cc1ccc2oc(N3CC4CN(C(=O)c5ccccc5-n5nccn5)CC4C3)nc2c1. The summed E-state index contributed by atoms with van der Waals surface area (Å²) in [6.45, 7) is 5.23. The molecular weight excluding hydrogens is 392 g/mol. The fraction of sp³-hybridized carbons (Fsp3) is 0.304. The summed E-state index contributed by atoms with van der Waals surface area (Å²) in [5, 5.41) is 8.38. The van der Waals surface area contributed by atoms with Crippen LogP contribution >= 0.6 is 0 Å². The molecule has 2 aliphatic heterocycles. The van der Waals surface area contributed by atoms with Gasteiger partial charge in [0.05, 0.1) is 23.6 Å². The highest BCUT2D eigenvalue weighted by molar-refractivity contribution is 5.98. The molecule has 2 saturated heterocycles. The maximum atomic E-state index is 13.3. The van der Waals surface area contributed by atoms with Gasteiger partial charge in [0.25, 0.3) is 11.9 Å². The molecule has 2 unspecified atom stereocenters. The normalized spacial score (nSPS) is 20.5. The first kappa shape index (κ1) is 18.1. The van der Waals surface area contributed by atoms with E-state index in [0.29, 0.717) is 29.1 Å². The molecule has 4 aromatic rings. The first-order valence-corrected chi connectivity index (χ1v) is 10.5. The van der Waals surface area contributed by atoms with Crippen molar-refractivity contribution in [2.75, 3.05) is 31.1 Å². The average Bonchev–Trinajstić information content (AvgIpc) is 3.55. The van der Waals surface area contributed by atoms with Gasteiger partial charge in [0.1, 0.15) is 5.52 Å². The van der Waals surface area contributed by atoms with Gasteiger partial charge in [-0.1, -0.05) is 18.2 Å². The molecule has 0 aliphatic carbocycles. The number of oxazole rings is 1. The summed E-state index contributed by atoms with van der Waals surface area (Å²) in [7, 11) is 0. The summed E-state index contributed by atoms with van der Waals surface area (Å²) in [5.74, 6) is 0.859. The van der Waals surface area contributed by atoms with Crippen molar-refractivity contribution in [1.29, 1.82) is 0 Å². The molecule has 2 aromatic heterocycles. The van der Waals surface area contributed by atoms with E-state index in [1.165, 1.54) is 10.4 Å². The van der Waals surface area contributed by atoms with Crippen LogP contribution in [0.15, 0.2) is 59.3 Å². The number of benzene rings is 2. The van der Waals surface area contributed by atoms with Crippen LogP contribution in [0.4, 0.5) is 6.01 Å². The number of amides is 1. The maximum absolute atomic E-state index is 13.3. The van der Waals surface area contributed by atoms with Crippen LogP contribution < -0.4 is 4.90 Å². The van der Waals surface area contributed by atoms with Crippen LogP contribution in [0, 0.1) is 18.8 Å². The van der Waals surface area contributed by atoms with Gasteiger partial charge in [-0.05, 0) is 36.8 Å². The lowest BCUT2D eigenvalue weighted by Gasteiger charge is -2.21. The Hall–Kier alpha value is -3.68. The molecule has 6 rings (SSSR count). The molecule has 0 bridgehead atoms. The molecule has 8 heteroatoms. The lowest BCUT2D eigenvalue weighted by molar-refractivity contribution is 0.0782. The third-order valence-corrected chi connectivity index (χ3v) is 6.34. The first-order chi connectivity index (χ1) is 15.2. The smallest absolute Gasteiger partial charge is 0.298 e. The number of nitrogens with zero attached hydrogens (tertiary/aromatic N) is 6. The van der Waals surface area contributed by atoms with Gasteiger partial charge in [0.15, 0.2) is 5.58 Å². The lowest BCUT2D eigenvalue weighted by Crippen LogP contribution is -2.34. The van der Waals surface area contributed by atoms with Gasteiger partial charge in [-0.15, -0.1) is 0 Å². The fourth-order valence-corrected chi connectivity index (χ4v) is 4.82. The zero-order valence-electron chi connectivity index (χ0n) is 17.2. The Labute approximate surface area is 179 Å². The van der Waals surface area contributed by atoms with Crippen molar-refractivity contribution >= 4 is 23.0 Å². The number of aromatic nitrogens is 4. The van der Waals surface area contributed by atoms with Gasteiger partial charge in [-0.2, -0.15) is 20.0 Å². The van der Waals surface area contributed by atoms with Gasteiger partial charge in [-0.3, -0.25) is 4.79 Å². The Morgan fingerprint density at radius 3 is 2.52 bits per heavy atom. The quantitative estimate of drug-likeness (QED) is 0.513. The number of anilines is 1. The molecule has 31 heavy (non-hydrogen) atoms. The van der Waals surface area contributed by atoms with Gasteiger partial charge in [0.2, 0.25) is 0 Å². The van der Waals surface area contributed by atoms with Crippen LogP contribution in [0.2, 0.25) is 0 Å². The van der Waals surface area contributed by atoms with Crippen molar-refractivity contribution in [3.8, 4) is 5.69 Å². The molecule has 0 spiro atoms. The zero-order chi connectivity index (χ0) is 20.9. The minimum Gasteiger partial charge on any atom is -0.423 e. The topological polar surface area (TPSA) is 80.3 Å². The number of rotatable bonds is 3. The zero-order valence-corrected chi connectivity index (χ0v) is 17.2. The number of likely N-dealkylation sites (tertiary alicyclic amines) is 1. The van der Waals surface area contributed by atoms with E-state index in [-0.39, 0.29) is 5.91 Å². The molecule has 2 aliphatic rings. The van der Waals surface area contributed by atoms with Gasteiger partial charge < -0.3 is 14.2 Å². The van der Waals surface area contributed by atoms with Crippen molar-refractivity contribution in [2.45, 2.75) is 6.92 Å². The maximum Gasteiger partial charge on any atom is 0.298 e. The number of fused-ring (bicyclic) bond motifs is 2. The van der Waals surface area contributed by atoms with Crippen LogP contribution in [-0.2, 0) is 0 Å². The monoisotopic (exact) mass is 414 g/mol. The Morgan fingerprint density at radius 1 is 1.00 bits per heavy atom. The van der Waals surface area contributed by atoms with E-state index in [1.807, 2.05) is 47.4 Å². The lowest BCUT2D eigenvalue weighted by atomic mass is 10.0. The molecule has 4 heterocycles. The van der Waals surface area contributed by atoms with E-state index >= 15 is 0 Å². The molecule has 2 atom stereocenters. The molecule has 0 radical (unpaired) electrons. The highest BCUT2D eigenvalue weighted by atomic mass is 16.4. The Bertz CT molecular complexity index is 1250. The van der Waals surface area contributed by atoms with Crippen LogP contribution in [0.1, 0.15) is 15.9 Å². The first-order valence-electron chi connectivity index (χ1n) is 10.5. The average molecular weight is 414 g/mol. The van der Waals surface area contributed by atoms with E-state index < -0.39 is 0 Å². The molecule has 0 N–H and O–H groups in total. The highest BCUT2D eigenvalue weighted by Crippen LogP contribution is 2.35. The Kier molecular flexibility index (Phi) is 4.05. The predicted octanol–water partition coefficient (Wildman–Crippen LogP) is 2.93. The molecule has 2 aromatic carbocycles. The standard InChI is InChI=1S/C23H22N6O2/c1-15-6-7-21-19(10-15)26-23(31-21)28-13-16-11-27(12-17(16)14-28)22(30)18-4-2-3-5-20(18)29-24-8-9-25-29/h2-10,16-17H,11-14H2,1H3. The van der Waals surface area contributed by atoms with Crippen molar-refractivity contribution < 1.29 is 9.21 Å². The van der Waals surface area contributed by atoms with Crippen LogP contribution in [0.25, 0.3) is 16.8 Å². The van der Waals surface area contributed by atoms with Crippen molar-refractivity contribution in [3.05, 3.63) is 66.0 Å². The van der Waals surface area contributed by atoms with Gasteiger partial charge in [0, 0.05) is 38.0 Å². The summed E-state index contributed by atoms with van der Waals surface area (Å²) in [4.78, 5) is 23.7. The van der Waals surface area contributed by atoms with E-state index in [0.717, 1.165) is 37.3 Å². The predicted molar refractivity (Wildman–Crippen MR) is 115 cm³/mol. The van der Waals surface area contributed by atoms with Crippen LogP contribution in [0.3, 0.4) is 0 Å². The fourth-order valence-electron chi connectivity index (χ4n) is 4.82. The molecule has 156 valence electrons. The second kappa shape index (κ2) is 6.94. The second-order valence-corrected chi connectivity index (χ2v) is 8.44. The largest absolute Gasteiger partial charge is 0.423 e. The van der Waals surface area contributed by atoms with E-state index in [9.17, 15) is 4.79 Å². The minimum atomic E-state index is 0.0335. The highest BCUT2D eigenvalue weighted by Gasteiger charge is 2.43. The Morgan fingerprint density at radius 2 is 1.74 bits per heavy atom. The van der Waals surface area contributed by atoms with Crippen molar-refractivity contribution in [3.63, 3.8) is 0 Å². The van der Waals surface area contributed by atoms with E-state index in [4.69, 9.17) is 4.42 Å². The number of aryl methyl sites for hydroxylation is 1. The molecule has 1 amide bonds. The van der Waals surface area contributed by atoms with Crippen LogP contribution in [0.5, 0.6) is 0 Å². The number of hydrogen-bond donors (Lipinski definition) is 0. The summed E-state index contributed by atoms with van der Waals surface area (Å²) in [6.07, 6.45) is 3.23. The van der Waals surface area contributed by atoms with Crippen molar-refractivity contribution in [1.82, 2.24) is 24.9 Å². The molecule has 0 saturated carbocycles. The number of hydrogen-bond acceptors (Lipinski definition) is 6. The Balaban J connectivity index is 1.19. The summed E-state index contributed by atoms with van der Waals surface area (Å²) < 4.78 is 5.99. The second-order valence-electron chi connectivity index (χ2n) is 8.44. The molecular formula is C23H22N6O2. The minimum absolute atomic E-state index is 0.0335. The number of para-hydroxylation sites is 1. The van der Waals surface area contributed by atoms with Gasteiger partial charge in [-0.25, -0.2) is 0 Å². The molecule has 2 fully saturated rings. The van der Waals surface area contributed by atoms with Crippen LogP contribution in [-0.4, -0.2) is 57.0 Å². The van der Waals surface area contributed by atoms with Crippen molar-refractivity contribution in [2.24, 2.45) is 11.8 Å². The summed E-state index contributed by atoms with van der Waals surface area (Å²) >= 11 is 0. The summed E-state index contributed by atoms with van der Waals surface area (Å²) in [6, 6.07) is 14.2. The van der Waals surface area contributed by atoms with E-state index in [2.05, 4.69) is 27.0 Å². The van der Waals surface area contributed by atoms with E-state index in [1.54, 1.807) is 12.4 Å². The third kappa shape index (κ3) is 3.06. The number of carbonyl (C=O) groups excluding carboxylic acids is 1. The molecule has 8 nitrogen and oxygen atoms in total. The third-order valence-electron chi connectivity index (χ3n) is 6.34.